The smallest absolute Gasteiger partial charge is 0.249 e. The van der Waals surface area contributed by atoms with E-state index in [1.165, 1.54) is 167 Å². The summed E-state index contributed by atoms with van der Waals surface area (Å²) >= 11 is 0. The molecule has 0 aromatic carbocycles. The minimum atomic E-state index is -1.25. The summed E-state index contributed by atoms with van der Waals surface area (Å²) in [6.45, 7) is 4.01. The van der Waals surface area contributed by atoms with Gasteiger partial charge in [0.15, 0.2) is 0 Å². The van der Waals surface area contributed by atoms with E-state index in [1.807, 2.05) is 0 Å². The molecule has 6 heteroatoms. The van der Waals surface area contributed by atoms with Crippen LogP contribution in [0.15, 0.2) is 12.2 Å². The topological polar surface area (TPSA) is 110 Å². The molecule has 0 spiro atoms. The number of amides is 1. The van der Waals surface area contributed by atoms with Gasteiger partial charge in [-0.1, -0.05) is 206 Å². The van der Waals surface area contributed by atoms with E-state index in [-0.39, 0.29) is 0 Å². The first-order valence-corrected chi connectivity index (χ1v) is 22.1. The average molecular weight is 710 g/mol. The van der Waals surface area contributed by atoms with E-state index >= 15 is 0 Å². The minimum absolute atomic E-state index is 0.370. The lowest BCUT2D eigenvalue weighted by molar-refractivity contribution is -0.132. The van der Waals surface area contributed by atoms with Crippen LogP contribution in [0.1, 0.15) is 232 Å². The normalized spacial score (nSPS) is 14.3. The fraction of sp³-hybridized carbons (Fsp3) is 0.932. The van der Waals surface area contributed by atoms with Crippen LogP contribution in [0.25, 0.3) is 0 Å². The molecular formula is C44H87NO5. The molecule has 298 valence electrons. The van der Waals surface area contributed by atoms with Crippen molar-refractivity contribution in [3.05, 3.63) is 12.2 Å². The first-order chi connectivity index (χ1) is 24.5. The predicted molar refractivity (Wildman–Crippen MR) is 215 cm³/mol. The van der Waals surface area contributed by atoms with Crippen molar-refractivity contribution >= 4 is 5.91 Å². The van der Waals surface area contributed by atoms with E-state index in [4.69, 9.17) is 0 Å². The van der Waals surface area contributed by atoms with Gasteiger partial charge in [0.1, 0.15) is 12.2 Å². The maximum absolute atomic E-state index is 12.5. The maximum Gasteiger partial charge on any atom is 0.249 e. The molecule has 0 rings (SSSR count). The van der Waals surface area contributed by atoms with Gasteiger partial charge in [-0.05, 0) is 38.5 Å². The Kier molecular flexibility index (Phi) is 38.5. The number of aliphatic hydroxyl groups is 4. The Bertz CT molecular complexity index is 717. The molecule has 0 aromatic heterocycles. The van der Waals surface area contributed by atoms with Crippen LogP contribution < -0.4 is 5.32 Å². The van der Waals surface area contributed by atoms with Crippen LogP contribution in [-0.2, 0) is 4.79 Å². The van der Waals surface area contributed by atoms with Crippen LogP contribution in [0.4, 0.5) is 0 Å². The lowest BCUT2D eigenvalue weighted by Gasteiger charge is -2.27. The van der Waals surface area contributed by atoms with Crippen LogP contribution in [0, 0.1) is 0 Å². The number of rotatable bonds is 40. The fourth-order valence-electron chi connectivity index (χ4n) is 6.93. The summed E-state index contributed by atoms with van der Waals surface area (Å²) in [7, 11) is 0. The lowest BCUT2D eigenvalue weighted by atomic mass is 9.99. The van der Waals surface area contributed by atoms with E-state index in [0.717, 1.165) is 38.5 Å². The Morgan fingerprint density at radius 1 is 0.480 bits per heavy atom. The third kappa shape index (κ3) is 32.9. The van der Waals surface area contributed by atoms with Gasteiger partial charge in [0.2, 0.25) is 5.91 Å². The van der Waals surface area contributed by atoms with E-state index in [0.29, 0.717) is 12.8 Å². The zero-order valence-electron chi connectivity index (χ0n) is 33.4. The highest BCUT2D eigenvalue weighted by Crippen LogP contribution is 2.16. The number of unbranched alkanes of at least 4 members (excludes halogenated alkanes) is 29. The second-order valence-electron chi connectivity index (χ2n) is 15.4. The highest BCUT2D eigenvalue weighted by molar-refractivity contribution is 5.80. The van der Waals surface area contributed by atoms with E-state index in [9.17, 15) is 25.2 Å². The molecule has 4 unspecified atom stereocenters. The number of carbonyl (C=O) groups is 1. The van der Waals surface area contributed by atoms with E-state index in [1.54, 1.807) is 0 Å². The third-order valence-electron chi connectivity index (χ3n) is 10.5. The molecule has 4 atom stereocenters. The quantitative estimate of drug-likeness (QED) is 0.0321. The lowest BCUT2D eigenvalue weighted by Crippen LogP contribution is -2.53. The number of hydrogen-bond acceptors (Lipinski definition) is 5. The Morgan fingerprint density at radius 2 is 0.800 bits per heavy atom. The van der Waals surface area contributed by atoms with Gasteiger partial charge in [0.25, 0.3) is 0 Å². The highest BCUT2D eigenvalue weighted by atomic mass is 16.3. The molecule has 50 heavy (non-hydrogen) atoms. The van der Waals surface area contributed by atoms with Gasteiger partial charge >= 0.3 is 0 Å². The molecule has 0 saturated heterocycles. The van der Waals surface area contributed by atoms with Crippen LogP contribution in [0.2, 0.25) is 0 Å². The maximum atomic E-state index is 12.5. The van der Waals surface area contributed by atoms with Crippen LogP contribution in [-0.4, -0.2) is 57.3 Å². The first-order valence-electron chi connectivity index (χ1n) is 22.1. The van der Waals surface area contributed by atoms with Crippen LogP contribution in [0.3, 0.4) is 0 Å². The number of allylic oxidation sites excluding steroid dienone is 2. The van der Waals surface area contributed by atoms with Gasteiger partial charge in [-0.3, -0.25) is 4.79 Å². The molecule has 0 aliphatic carbocycles. The number of hydrogen-bond donors (Lipinski definition) is 5. The standard InChI is InChI=1S/C44H87NO5/c1-3-5-7-9-11-13-14-15-16-17-18-19-20-21-22-23-24-25-26-27-28-29-30-32-34-36-38-42(48)44(50)45-40(39-46)43(49)41(47)37-35-33-31-12-10-8-6-4-2/h21-22,40-43,46-49H,3-20,23-39H2,1-2H3,(H,45,50)/b22-21-. The number of carbonyl (C=O) groups excluding carboxylic acids is 1. The summed E-state index contributed by atoms with van der Waals surface area (Å²) in [4.78, 5) is 12.5. The second-order valence-corrected chi connectivity index (χ2v) is 15.4. The van der Waals surface area contributed by atoms with Crippen molar-refractivity contribution in [2.75, 3.05) is 6.61 Å². The van der Waals surface area contributed by atoms with Crippen LogP contribution >= 0.6 is 0 Å². The Morgan fingerprint density at radius 3 is 1.16 bits per heavy atom. The highest BCUT2D eigenvalue weighted by Gasteiger charge is 2.28. The second kappa shape index (κ2) is 39.3. The molecule has 0 aliphatic heterocycles. The summed E-state index contributed by atoms with van der Waals surface area (Å²) in [6, 6.07) is -0.980. The SMILES string of the molecule is CCCCCCCCCCCCCC/C=C\CCCCCCCCCCCCC(O)C(=O)NC(CO)C(O)C(O)CCCCCCCCCC. The van der Waals surface area contributed by atoms with Crippen molar-refractivity contribution < 1.29 is 25.2 Å². The predicted octanol–water partition coefficient (Wildman–Crippen LogP) is 11.4. The summed E-state index contributed by atoms with van der Waals surface area (Å²) in [5.41, 5.74) is 0. The number of aliphatic hydroxyl groups excluding tert-OH is 4. The summed E-state index contributed by atoms with van der Waals surface area (Å²) in [5.74, 6) is -0.586. The molecule has 0 heterocycles. The summed E-state index contributed by atoms with van der Waals surface area (Å²) < 4.78 is 0. The van der Waals surface area contributed by atoms with Crippen molar-refractivity contribution in [1.29, 1.82) is 0 Å². The van der Waals surface area contributed by atoms with Crippen LogP contribution in [0.5, 0.6) is 0 Å². The monoisotopic (exact) mass is 710 g/mol. The fourth-order valence-corrected chi connectivity index (χ4v) is 6.93. The molecule has 6 nitrogen and oxygen atoms in total. The molecule has 0 saturated carbocycles. The van der Waals surface area contributed by atoms with Crippen molar-refractivity contribution in [3.8, 4) is 0 Å². The van der Waals surface area contributed by atoms with Crippen molar-refractivity contribution in [1.82, 2.24) is 5.32 Å². The molecule has 0 fully saturated rings. The van der Waals surface area contributed by atoms with E-state index in [2.05, 4.69) is 31.3 Å². The van der Waals surface area contributed by atoms with Crippen molar-refractivity contribution in [2.24, 2.45) is 0 Å². The summed E-state index contributed by atoms with van der Waals surface area (Å²) in [5, 5.41) is 43.4. The van der Waals surface area contributed by atoms with Gasteiger partial charge < -0.3 is 25.7 Å². The zero-order chi connectivity index (χ0) is 36.8. The molecule has 0 radical (unpaired) electrons. The zero-order valence-corrected chi connectivity index (χ0v) is 33.4. The Balaban J connectivity index is 3.60. The Labute approximate surface area is 311 Å². The molecule has 0 aromatic rings. The van der Waals surface area contributed by atoms with E-state index < -0.39 is 36.9 Å². The van der Waals surface area contributed by atoms with Gasteiger partial charge in [-0.15, -0.1) is 0 Å². The largest absolute Gasteiger partial charge is 0.394 e. The third-order valence-corrected chi connectivity index (χ3v) is 10.5. The van der Waals surface area contributed by atoms with Gasteiger partial charge in [0.05, 0.1) is 18.8 Å². The summed E-state index contributed by atoms with van der Waals surface area (Å²) in [6.07, 6.45) is 42.7. The minimum Gasteiger partial charge on any atom is -0.394 e. The Hall–Kier alpha value is -0.950. The molecule has 5 N–H and O–H groups in total. The van der Waals surface area contributed by atoms with Gasteiger partial charge in [-0.25, -0.2) is 0 Å². The van der Waals surface area contributed by atoms with Gasteiger partial charge in [0, 0.05) is 0 Å². The average Bonchev–Trinajstić information content (AvgIpc) is 3.12. The van der Waals surface area contributed by atoms with Gasteiger partial charge in [-0.2, -0.15) is 0 Å². The van der Waals surface area contributed by atoms with Crippen molar-refractivity contribution in [2.45, 2.75) is 257 Å². The number of nitrogens with one attached hydrogen (secondary N) is 1. The molecule has 0 bridgehead atoms. The van der Waals surface area contributed by atoms with Crippen molar-refractivity contribution in [3.63, 3.8) is 0 Å². The molecule has 1 amide bonds. The molecule has 0 aliphatic rings. The molecular weight excluding hydrogens is 622 g/mol. The first kappa shape index (κ1) is 49.0.